The summed E-state index contributed by atoms with van der Waals surface area (Å²) in [4.78, 5) is 35.1. The maximum atomic E-state index is 12.1. The summed E-state index contributed by atoms with van der Waals surface area (Å²) < 4.78 is 5.41. The average molecular weight is 430 g/mol. The molecule has 0 heterocycles. The van der Waals surface area contributed by atoms with E-state index in [-0.39, 0.29) is 37.0 Å². The Kier molecular flexibility index (Phi) is 6.17. The molecule has 0 aliphatic heterocycles. The number of carboxylic acids is 1. The predicted molar refractivity (Wildman–Crippen MR) is 120 cm³/mol. The van der Waals surface area contributed by atoms with E-state index >= 15 is 0 Å². The number of ketones is 1. The molecule has 3 N–H and O–H groups in total. The van der Waals surface area contributed by atoms with Crippen molar-refractivity contribution < 1.29 is 24.2 Å². The van der Waals surface area contributed by atoms with Crippen LogP contribution >= 0.6 is 0 Å². The Morgan fingerprint density at radius 1 is 0.812 bits per heavy atom. The molecule has 0 spiro atoms. The molecule has 7 heteroatoms. The molecule has 0 bridgehead atoms. The molecule has 0 saturated carbocycles. The van der Waals surface area contributed by atoms with E-state index in [4.69, 9.17) is 9.84 Å². The van der Waals surface area contributed by atoms with Gasteiger partial charge in [-0.25, -0.2) is 9.59 Å². The molecule has 0 atom stereocenters. The van der Waals surface area contributed by atoms with Gasteiger partial charge in [0.25, 0.3) is 0 Å². The lowest BCUT2D eigenvalue weighted by Gasteiger charge is -2.14. The fourth-order valence-electron chi connectivity index (χ4n) is 3.81. The van der Waals surface area contributed by atoms with Gasteiger partial charge in [-0.3, -0.25) is 4.79 Å². The Labute approximate surface area is 185 Å². The van der Waals surface area contributed by atoms with E-state index in [1.165, 1.54) is 12.1 Å². The Morgan fingerprint density at radius 3 is 2.00 bits per heavy atom. The number of anilines is 1. The average Bonchev–Trinajstić information content (AvgIpc) is 3.14. The summed E-state index contributed by atoms with van der Waals surface area (Å²) in [6.07, 6.45) is -0.647. The number of carbonyl (C=O) groups excluding carboxylic acids is 2. The Balaban J connectivity index is 1.25. The molecule has 0 saturated heterocycles. The monoisotopic (exact) mass is 430 g/mol. The van der Waals surface area contributed by atoms with Crippen molar-refractivity contribution in [1.82, 2.24) is 5.32 Å². The molecule has 32 heavy (non-hydrogen) atoms. The van der Waals surface area contributed by atoms with Crippen LogP contribution in [0.15, 0.2) is 72.8 Å². The molecule has 1 aliphatic rings. The third-order valence-corrected chi connectivity index (χ3v) is 5.40. The second-order valence-electron chi connectivity index (χ2n) is 7.45. The van der Waals surface area contributed by atoms with Gasteiger partial charge in [-0.15, -0.1) is 0 Å². The van der Waals surface area contributed by atoms with E-state index in [0.717, 1.165) is 22.3 Å². The zero-order valence-corrected chi connectivity index (χ0v) is 17.2. The number of carboxylic acid groups (broad SMARTS) is 1. The zero-order valence-electron chi connectivity index (χ0n) is 17.2. The van der Waals surface area contributed by atoms with Crippen molar-refractivity contribution in [2.75, 3.05) is 25.0 Å². The van der Waals surface area contributed by atoms with Crippen LogP contribution in [-0.4, -0.2) is 42.6 Å². The topological polar surface area (TPSA) is 105 Å². The van der Waals surface area contributed by atoms with Crippen LogP contribution in [0.2, 0.25) is 0 Å². The number of rotatable bonds is 8. The van der Waals surface area contributed by atoms with Crippen molar-refractivity contribution in [2.24, 2.45) is 0 Å². The quantitative estimate of drug-likeness (QED) is 0.501. The first kappa shape index (κ1) is 21.1. The van der Waals surface area contributed by atoms with Crippen LogP contribution in [0.1, 0.15) is 27.4 Å². The SMILES string of the molecule is O=C(CNC(=O)OCC1c2ccccc2-c2ccccc21)CNc1ccc(C(=O)O)cc1. The molecule has 3 aromatic carbocycles. The van der Waals surface area contributed by atoms with Crippen molar-refractivity contribution in [3.63, 3.8) is 0 Å². The minimum Gasteiger partial charge on any atom is -0.478 e. The smallest absolute Gasteiger partial charge is 0.407 e. The van der Waals surface area contributed by atoms with E-state index in [0.29, 0.717) is 5.69 Å². The number of carbonyl (C=O) groups is 3. The predicted octanol–water partition coefficient (Wildman–Crippen LogP) is 3.90. The number of benzene rings is 3. The lowest BCUT2D eigenvalue weighted by Crippen LogP contribution is -2.33. The van der Waals surface area contributed by atoms with Gasteiger partial charge >= 0.3 is 12.1 Å². The molecule has 0 radical (unpaired) electrons. The fourth-order valence-corrected chi connectivity index (χ4v) is 3.81. The highest BCUT2D eigenvalue weighted by Crippen LogP contribution is 2.44. The molecule has 0 unspecified atom stereocenters. The molecule has 162 valence electrons. The van der Waals surface area contributed by atoms with Crippen molar-refractivity contribution in [3.05, 3.63) is 89.5 Å². The van der Waals surface area contributed by atoms with Crippen molar-refractivity contribution in [2.45, 2.75) is 5.92 Å². The minimum atomic E-state index is -1.01. The molecule has 1 aliphatic carbocycles. The molecule has 3 aromatic rings. The summed E-state index contributed by atoms with van der Waals surface area (Å²) in [6.45, 7) is 0.00911. The summed E-state index contributed by atoms with van der Waals surface area (Å²) in [5.41, 5.74) is 5.32. The first-order chi connectivity index (χ1) is 15.5. The normalized spacial score (nSPS) is 11.9. The van der Waals surface area contributed by atoms with Crippen LogP contribution in [0, 0.1) is 0 Å². The van der Waals surface area contributed by atoms with Gasteiger partial charge in [-0.2, -0.15) is 0 Å². The van der Waals surface area contributed by atoms with Crippen molar-refractivity contribution in [1.29, 1.82) is 0 Å². The van der Waals surface area contributed by atoms with Crippen LogP contribution in [0.25, 0.3) is 11.1 Å². The van der Waals surface area contributed by atoms with Gasteiger partial charge in [0.05, 0.1) is 18.7 Å². The Hall–Kier alpha value is -4.13. The van der Waals surface area contributed by atoms with Gasteiger partial charge in [0.2, 0.25) is 0 Å². The van der Waals surface area contributed by atoms with E-state index in [2.05, 4.69) is 22.8 Å². The Morgan fingerprint density at radius 2 is 1.41 bits per heavy atom. The molecule has 0 aromatic heterocycles. The lowest BCUT2D eigenvalue weighted by molar-refractivity contribution is -0.116. The molecular weight excluding hydrogens is 408 g/mol. The summed E-state index contributed by atoms with van der Waals surface area (Å²) in [5.74, 6) is -1.29. The van der Waals surface area contributed by atoms with Crippen molar-refractivity contribution in [3.8, 4) is 11.1 Å². The molecule has 0 fully saturated rings. The maximum absolute atomic E-state index is 12.1. The standard InChI is InChI=1S/C25H22N2O5/c28-18(13-26-17-11-9-16(10-12-17)24(29)30)14-27-25(31)32-15-23-21-7-3-1-5-19(21)20-6-2-4-8-22(20)23/h1-12,23,26H,13-15H2,(H,27,31)(H,29,30). The number of fused-ring (bicyclic) bond motifs is 3. The van der Waals surface area contributed by atoms with Gasteiger partial charge < -0.3 is 20.5 Å². The number of Topliss-reactive ketones (excluding diaryl/α,β-unsaturated/α-hetero) is 1. The number of hydrogen-bond donors (Lipinski definition) is 3. The zero-order chi connectivity index (χ0) is 22.5. The highest BCUT2D eigenvalue weighted by Gasteiger charge is 2.28. The van der Waals surface area contributed by atoms with Gasteiger partial charge in [-0.05, 0) is 46.5 Å². The first-order valence-corrected chi connectivity index (χ1v) is 10.2. The summed E-state index contributed by atoms with van der Waals surface area (Å²) in [6, 6.07) is 22.2. The lowest BCUT2D eigenvalue weighted by atomic mass is 9.98. The highest BCUT2D eigenvalue weighted by molar-refractivity contribution is 5.89. The van der Waals surface area contributed by atoms with Gasteiger partial charge in [0, 0.05) is 11.6 Å². The van der Waals surface area contributed by atoms with E-state index in [9.17, 15) is 14.4 Å². The van der Waals surface area contributed by atoms with Crippen LogP contribution in [-0.2, 0) is 9.53 Å². The molecule has 7 nitrogen and oxygen atoms in total. The van der Waals surface area contributed by atoms with Crippen molar-refractivity contribution >= 4 is 23.5 Å². The largest absolute Gasteiger partial charge is 0.478 e. The van der Waals surface area contributed by atoms with E-state index in [1.54, 1.807) is 12.1 Å². The van der Waals surface area contributed by atoms with Gasteiger partial charge in [-0.1, -0.05) is 48.5 Å². The number of hydrogen-bond acceptors (Lipinski definition) is 5. The third kappa shape index (κ3) is 4.62. The number of nitrogens with one attached hydrogen (secondary N) is 2. The third-order valence-electron chi connectivity index (χ3n) is 5.40. The first-order valence-electron chi connectivity index (χ1n) is 10.2. The number of ether oxygens (including phenoxy) is 1. The highest BCUT2D eigenvalue weighted by atomic mass is 16.5. The Bertz CT molecular complexity index is 1110. The summed E-state index contributed by atoms with van der Waals surface area (Å²) >= 11 is 0. The fraction of sp³-hybridized carbons (Fsp3) is 0.160. The van der Waals surface area contributed by atoms with Crippen LogP contribution in [0.3, 0.4) is 0 Å². The maximum Gasteiger partial charge on any atom is 0.407 e. The van der Waals surface area contributed by atoms with Gasteiger partial charge in [0.15, 0.2) is 5.78 Å². The second kappa shape index (κ2) is 9.34. The van der Waals surface area contributed by atoms with Gasteiger partial charge in [0.1, 0.15) is 6.61 Å². The second-order valence-corrected chi connectivity index (χ2v) is 7.45. The number of alkyl carbamates (subject to hydrolysis) is 1. The number of aromatic carboxylic acids is 1. The minimum absolute atomic E-state index is 0.00390. The molecular formula is C25H22N2O5. The summed E-state index contributed by atoms with van der Waals surface area (Å²) in [5, 5.41) is 14.3. The summed E-state index contributed by atoms with van der Waals surface area (Å²) in [7, 11) is 0. The molecule has 1 amide bonds. The van der Waals surface area contributed by atoms with E-state index in [1.807, 2.05) is 36.4 Å². The molecule has 4 rings (SSSR count). The number of amides is 1. The van der Waals surface area contributed by atoms with E-state index < -0.39 is 12.1 Å². The van der Waals surface area contributed by atoms with Crippen LogP contribution < -0.4 is 10.6 Å². The van der Waals surface area contributed by atoms with Crippen LogP contribution in [0.5, 0.6) is 0 Å². The van der Waals surface area contributed by atoms with Crippen LogP contribution in [0.4, 0.5) is 10.5 Å².